The third kappa shape index (κ3) is 10.3. The van der Waals surface area contributed by atoms with E-state index in [0.29, 0.717) is 30.1 Å². The topological polar surface area (TPSA) is 67.7 Å². The Kier molecular flexibility index (Phi) is 10.4. The fourth-order valence-corrected chi connectivity index (χ4v) is 4.93. The number of ether oxygens (including phenoxy) is 1. The normalized spacial score (nSPS) is 20.6. The van der Waals surface area contributed by atoms with Crippen LogP contribution in [0.15, 0.2) is 12.3 Å². The van der Waals surface area contributed by atoms with Crippen LogP contribution in [0, 0.1) is 0 Å². The van der Waals surface area contributed by atoms with Crippen molar-refractivity contribution in [3.8, 4) is 0 Å². The Morgan fingerprint density at radius 1 is 0.812 bits per heavy atom. The first-order valence-electron chi connectivity index (χ1n) is 11.7. The SMILES string of the molecule is CC(C)(C)N1CCOCC1.CC(C)(C)N1CCS(=O)(=O)CC1.Cn1nccc1C(C)(C)C. The molecule has 1 aromatic heterocycles. The second kappa shape index (κ2) is 11.4. The molecule has 7 nitrogen and oxygen atoms in total. The van der Waals surface area contributed by atoms with Gasteiger partial charge in [-0.1, -0.05) is 20.8 Å². The summed E-state index contributed by atoms with van der Waals surface area (Å²) in [5, 5.41) is 4.10. The van der Waals surface area contributed by atoms with Gasteiger partial charge < -0.3 is 4.74 Å². The second-order valence-electron chi connectivity index (χ2n) is 11.7. The molecule has 3 heterocycles. The van der Waals surface area contributed by atoms with Crippen molar-refractivity contribution in [2.45, 2.75) is 78.8 Å². The van der Waals surface area contributed by atoms with E-state index in [-0.39, 0.29) is 11.0 Å². The molecule has 188 valence electrons. The van der Waals surface area contributed by atoms with Crippen molar-refractivity contribution in [1.29, 1.82) is 0 Å². The highest BCUT2D eigenvalue weighted by molar-refractivity contribution is 7.91. The number of aryl methyl sites for hydroxylation is 1. The number of hydrogen-bond donors (Lipinski definition) is 0. The van der Waals surface area contributed by atoms with E-state index in [4.69, 9.17) is 4.74 Å². The summed E-state index contributed by atoms with van der Waals surface area (Å²) in [6, 6.07) is 2.06. The molecule has 0 atom stereocenters. The van der Waals surface area contributed by atoms with Crippen molar-refractivity contribution in [2.75, 3.05) is 50.9 Å². The molecule has 1 aromatic rings. The van der Waals surface area contributed by atoms with Crippen LogP contribution in [0.5, 0.6) is 0 Å². The van der Waals surface area contributed by atoms with E-state index in [1.54, 1.807) is 0 Å². The van der Waals surface area contributed by atoms with Gasteiger partial charge in [-0.25, -0.2) is 8.42 Å². The van der Waals surface area contributed by atoms with E-state index in [2.05, 4.69) is 83.3 Å². The zero-order valence-electron chi connectivity index (χ0n) is 22.2. The highest BCUT2D eigenvalue weighted by atomic mass is 32.2. The molecule has 3 rings (SSSR count). The molecule has 0 radical (unpaired) electrons. The Bertz CT molecular complexity index is 763. The van der Waals surface area contributed by atoms with Crippen molar-refractivity contribution in [3.05, 3.63) is 18.0 Å². The lowest BCUT2D eigenvalue weighted by Crippen LogP contribution is -2.49. The van der Waals surface area contributed by atoms with Crippen molar-refractivity contribution in [3.63, 3.8) is 0 Å². The van der Waals surface area contributed by atoms with E-state index in [1.807, 2.05) is 17.9 Å². The van der Waals surface area contributed by atoms with Crippen LogP contribution in [0.4, 0.5) is 0 Å². The van der Waals surface area contributed by atoms with Crippen molar-refractivity contribution >= 4 is 9.84 Å². The van der Waals surface area contributed by atoms with Gasteiger partial charge in [-0.15, -0.1) is 0 Å². The van der Waals surface area contributed by atoms with Gasteiger partial charge in [0.2, 0.25) is 0 Å². The zero-order chi connectivity index (χ0) is 24.8. The van der Waals surface area contributed by atoms with Gasteiger partial charge >= 0.3 is 0 Å². The highest BCUT2D eigenvalue weighted by Crippen LogP contribution is 2.20. The summed E-state index contributed by atoms with van der Waals surface area (Å²) in [5.41, 5.74) is 1.91. The lowest BCUT2D eigenvalue weighted by Gasteiger charge is -2.38. The molecule has 8 heteroatoms. The Hall–Kier alpha value is -0.960. The van der Waals surface area contributed by atoms with E-state index < -0.39 is 9.84 Å². The van der Waals surface area contributed by atoms with Gasteiger partial charge in [-0.2, -0.15) is 5.10 Å². The lowest BCUT2D eigenvalue weighted by molar-refractivity contribution is -0.00389. The quantitative estimate of drug-likeness (QED) is 0.577. The largest absolute Gasteiger partial charge is 0.379 e. The zero-order valence-corrected chi connectivity index (χ0v) is 23.0. The smallest absolute Gasteiger partial charge is 0.152 e. The maximum atomic E-state index is 11.1. The lowest BCUT2D eigenvalue weighted by atomic mass is 9.92. The summed E-state index contributed by atoms with van der Waals surface area (Å²) >= 11 is 0. The molecule has 2 aliphatic heterocycles. The van der Waals surface area contributed by atoms with Crippen LogP contribution < -0.4 is 0 Å². The van der Waals surface area contributed by atoms with Gasteiger partial charge in [0.05, 0.1) is 24.7 Å². The van der Waals surface area contributed by atoms with Crippen LogP contribution in [-0.2, 0) is 27.0 Å². The summed E-state index contributed by atoms with van der Waals surface area (Å²) in [4.78, 5) is 4.67. The van der Waals surface area contributed by atoms with Crippen LogP contribution in [0.2, 0.25) is 0 Å². The maximum absolute atomic E-state index is 11.1. The van der Waals surface area contributed by atoms with Gasteiger partial charge in [-0.3, -0.25) is 14.5 Å². The summed E-state index contributed by atoms with van der Waals surface area (Å²) in [7, 11) is -0.745. The molecule has 0 bridgehead atoms. The predicted octanol–water partition coefficient (Wildman–Crippen LogP) is 3.35. The molecule has 0 saturated carbocycles. The molecular weight excluding hydrogens is 424 g/mol. The molecule has 2 aliphatic rings. The van der Waals surface area contributed by atoms with Crippen molar-refractivity contribution in [2.24, 2.45) is 7.05 Å². The number of aromatic nitrogens is 2. The van der Waals surface area contributed by atoms with Gasteiger partial charge in [-0.05, 0) is 47.6 Å². The van der Waals surface area contributed by atoms with Crippen LogP contribution in [0.25, 0.3) is 0 Å². The molecule has 0 aliphatic carbocycles. The van der Waals surface area contributed by atoms with Crippen LogP contribution in [0.1, 0.15) is 68.0 Å². The second-order valence-corrected chi connectivity index (χ2v) is 14.0. The standard InChI is InChI=1S/C8H14N2.C8H17NO2S.C8H17NO/c1-8(2,3)7-5-6-9-10(7)4;1-8(2,3)9-4-6-12(10,11)7-5-9;1-8(2,3)9-4-6-10-7-5-9/h5-6H,1-4H3;4-7H2,1-3H3;4-7H2,1-3H3. The average molecular weight is 473 g/mol. The summed E-state index contributed by atoms with van der Waals surface area (Å²) < 4.78 is 29.4. The van der Waals surface area contributed by atoms with Gasteiger partial charge in [0.15, 0.2) is 9.84 Å². The minimum atomic E-state index is -2.72. The maximum Gasteiger partial charge on any atom is 0.152 e. The minimum Gasteiger partial charge on any atom is -0.379 e. The molecule has 0 unspecified atom stereocenters. The molecule has 2 saturated heterocycles. The number of sulfone groups is 1. The number of nitrogens with zero attached hydrogens (tertiary/aromatic N) is 4. The van der Waals surface area contributed by atoms with Gasteiger partial charge in [0.1, 0.15) is 0 Å². The molecule has 32 heavy (non-hydrogen) atoms. The van der Waals surface area contributed by atoms with Crippen molar-refractivity contribution in [1.82, 2.24) is 19.6 Å². The third-order valence-electron chi connectivity index (χ3n) is 5.84. The predicted molar refractivity (Wildman–Crippen MR) is 134 cm³/mol. The van der Waals surface area contributed by atoms with Crippen LogP contribution >= 0.6 is 0 Å². The Balaban J connectivity index is 0.000000241. The average Bonchev–Trinajstić information content (AvgIpc) is 3.08. The van der Waals surface area contributed by atoms with E-state index >= 15 is 0 Å². The highest BCUT2D eigenvalue weighted by Gasteiger charge is 2.28. The number of hydrogen-bond acceptors (Lipinski definition) is 6. The Morgan fingerprint density at radius 2 is 1.25 bits per heavy atom. The van der Waals surface area contributed by atoms with Crippen molar-refractivity contribution < 1.29 is 13.2 Å². The fourth-order valence-electron chi connectivity index (χ4n) is 3.73. The fraction of sp³-hybridized carbons (Fsp3) is 0.875. The monoisotopic (exact) mass is 472 g/mol. The van der Waals surface area contributed by atoms with E-state index in [9.17, 15) is 8.42 Å². The van der Waals surface area contributed by atoms with Gasteiger partial charge in [0.25, 0.3) is 0 Å². The number of morpholine rings is 1. The minimum absolute atomic E-state index is 0.107. The first kappa shape index (κ1) is 29.1. The summed E-state index contributed by atoms with van der Waals surface area (Å²) in [6.45, 7) is 25.0. The Labute approximate surface area is 197 Å². The molecule has 0 aromatic carbocycles. The van der Waals surface area contributed by atoms with Crippen LogP contribution in [0.3, 0.4) is 0 Å². The Morgan fingerprint density at radius 3 is 1.53 bits per heavy atom. The third-order valence-corrected chi connectivity index (χ3v) is 7.45. The van der Waals surface area contributed by atoms with Crippen LogP contribution in [-0.4, -0.2) is 90.0 Å². The molecule has 0 spiro atoms. The first-order chi connectivity index (χ1) is 14.4. The number of rotatable bonds is 0. The first-order valence-corrected chi connectivity index (χ1v) is 13.5. The molecule has 0 amide bonds. The van der Waals surface area contributed by atoms with Gasteiger partial charge in [0, 0.05) is 61.6 Å². The molecular formula is C24H48N4O3S. The van der Waals surface area contributed by atoms with E-state index in [1.165, 1.54) is 5.69 Å². The molecule has 0 N–H and O–H groups in total. The van der Waals surface area contributed by atoms with E-state index in [0.717, 1.165) is 26.3 Å². The summed E-state index contributed by atoms with van der Waals surface area (Å²) in [5.74, 6) is 0.647. The summed E-state index contributed by atoms with van der Waals surface area (Å²) in [6.07, 6.45) is 1.83. The molecule has 2 fully saturated rings.